The predicted molar refractivity (Wildman–Crippen MR) is 108 cm³/mol. The Morgan fingerprint density at radius 2 is 1.82 bits per heavy atom. The maximum atomic E-state index is 9.72. The van der Waals surface area contributed by atoms with Gasteiger partial charge in [0.15, 0.2) is 11.5 Å². The van der Waals surface area contributed by atoms with Gasteiger partial charge in [0.05, 0.1) is 14.2 Å². The van der Waals surface area contributed by atoms with Crippen LogP contribution in [0, 0.1) is 18.3 Å². The molecular weight excluding hydrogens is 358 g/mol. The summed E-state index contributed by atoms with van der Waals surface area (Å²) in [6.45, 7) is 3.40. The van der Waals surface area contributed by atoms with Crippen molar-refractivity contribution in [1.29, 1.82) is 5.26 Å². The maximum Gasteiger partial charge on any atom is 0.177 e. The Bertz CT molecular complexity index is 1000. The lowest BCUT2D eigenvalue weighted by molar-refractivity contribution is 0.395. The average Bonchev–Trinajstić information content (AvgIpc) is 3.04. The number of nitriles is 1. The van der Waals surface area contributed by atoms with Gasteiger partial charge in [0.2, 0.25) is 0 Å². The summed E-state index contributed by atoms with van der Waals surface area (Å²) in [6.07, 6.45) is 0. The number of likely N-dealkylation sites (N-methyl/N-ethyl adjacent to an activating group) is 1. The third-order valence-electron chi connectivity index (χ3n) is 4.12. The van der Waals surface area contributed by atoms with E-state index < -0.39 is 0 Å². The summed E-state index contributed by atoms with van der Waals surface area (Å²) in [5.74, 6) is 2.44. The van der Waals surface area contributed by atoms with Crippen LogP contribution in [0.5, 0.6) is 11.5 Å². The summed E-state index contributed by atoms with van der Waals surface area (Å²) < 4.78 is 12.2. The highest BCUT2D eigenvalue weighted by atomic mass is 16.5. The molecule has 0 fully saturated rings. The third-order valence-corrected chi connectivity index (χ3v) is 4.12. The first-order valence-corrected chi connectivity index (χ1v) is 8.78. The van der Waals surface area contributed by atoms with Gasteiger partial charge in [0.1, 0.15) is 28.9 Å². The van der Waals surface area contributed by atoms with Gasteiger partial charge in [0, 0.05) is 48.7 Å². The number of ether oxygens (including phenoxy) is 2. The van der Waals surface area contributed by atoms with Gasteiger partial charge < -0.3 is 25.4 Å². The molecule has 0 bridgehead atoms. The standard InChI is InChI=1S/C19H23N7O2/c1-12-7-17(22-6-5-21-2)26-19(23-12)16(11-20)18(25-26)24-13-8-14(27-3)10-15(9-13)28-4/h7-10,21-22H,5-6H2,1-4H3,(H,24,25). The van der Waals surface area contributed by atoms with Crippen LogP contribution in [0.15, 0.2) is 24.3 Å². The van der Waals surface area contributed by atoms with Crippen molar-refractivity contribution in [3.63, 3.8) is 0 Å². The van der Waals surface area contributed by atoms with Crippen molar-refractivity contribution in [2.24, 2.45) is 0 Å². The van der Waals surface area contributed by atoms with Crippen molar-refractivity contribution < 1.29 is 9.47 Å². The van der Waals surface area contributed by atoms with Crippen LogP contribution in [0.1, 0.15) is 11.3 Å². The first kappa shape index (κ1) is 19.3. The lowest BCUT2D eigenvalue weighted by Crippen LogP contribution is -2.19. The van der Waals surface area contributed by atoms with Crippen LogP contribution in [0.3, 0.4) is 0 Å². The number of fused-ring (bicyclic) bond motifs is 1. The maximum absolute atomic E-state index is 9.72. The molecule has 0 atom stereocenters. The molecule has 28 heavy (non-hydrogen) atoms. The lowest BCUT2D eigenvalue weighted by atomic mass is 10.2. The summed E-state index contributed by atoms with van der Waals surface area (Å²) in [5, 5.41) is 23.9. The number of methoxy groups -OCH3 is 2. The zero-order valence-corrected chi connectivity index (χ0v) is 16.3. The molecule has 2 aromatic heterocycles. The first-order chi connectivity index (χ1) is 13.6. The Labute approximate surface area is 163 Å². The van der Waals surface area contributed by atoms with Gasteiger partial charge in [-0.05, 0) is 14.0 Å². The second kappa shape index (κ2) is 8.45. The summed E-state index contributed by atoms with van der Waals surface area (Å²) in [6, 6.07) is 9.49. The summed E-state index contributed by atoms with van der Waals surface area (Å²) in [7, 11) is 5.06. The van der Waals surface area contributed by atoms with Crippen molar-refractivity contribution in [2.45, 2.75) is 6.92 Å². The Morgan fingerprint density at radius 3 is 2.43 bits per heavy atom. The second-order valence-electron chi connectivity index (χ2n) is 6.11. The van der Waals surface area contributed by atoms with E-state index in [0.717, 1.165) is 18.1 Å². The number of benzene rings is 1. The second-order valence-corrected chi connectivity index (χ2v) is 6.11. The number of aromatic nitrogens is 3. The Balaban J connectivity index is 2.04. The number of nitrogens with zero attached hydrogens (tertiary/aromatic N) is 4. The fraction of sp³-hybridized carbons (Fsp3) is 0.316. The number of hydrogen-bond donors (Lipinski definition) is 3. The summed E-state index contributed by atoms with van der Waals surface area (Å²) in [4.78, 5) is 4.50. The van der Waals surface area contributed by atoms with E-state index in [2.05, 4.69) is 32.1 Å². The van der Waals surface area contributed by atoms with Gasteiger partial charge in [-0.2, -0.15) is 9.78 Å². The Kier molecular flexibility index (Phi) is 5.81. The van der Waals surface area contributed by atoms with E-state index >= 15 is 0 Å². The van der Waals surface area contributed by atoms with Crippen molar-refractivity contribution in [3.05, 3.63) is 35.5 Å². The summed E-state index contributed by atoms with van der Waals surface area (Å²) >= 11 is 0. The predicted octanol–water partition coefficient (Wildman–Crippen LogP) is 2.30. The monoisotopic (exact) mass is 381 g/mol. The SMILES string of the molecule is CNCCNc1cc(C)nc2c(C#N)c(Nc3cc(OC)cc(OC)c3)nn12. The van der Waals surface area contributed by atoms with Crippen molar-refractivity contribution in [2.75, 3.05) is 45.0 Å². The molecule has 9 nitrogen and oxygen atoms in total. The van der Waals surface area contributed by atoms with Gasteiger partial charge in [0.25, 0.3) is 0 Å². The minimum atomic E-state index is 0.363. The minimum Gasteiger partial charge on any atom is -0.497 e. The third kappa shape index (κ3) is 3.92. The molecule has 3 aromatic rings. The first-order valence-electron chi connectivity index (χ1n) is 8.78. The number of rotatable bonds is 8. The molecule has 3 N–H and O–H groups in total. The molecule has 0 saturated heterocycles. The number of anilines is 3. The van der Waals surface area contributed by atoms with E-state index in [1.165, 1.54) is 0 Å². The quantitative estimate of drug-likeness (QED) is 0.510. The number of aryl methyl sites for hydroxylation is 1. The number of hydrogen-bond acceptors (Lipinski definition) is 8. The molecule has 0 aliphatic rings. The van der Waals surface area contributed by atoms with Crippen molar-refractivity contribution in [3.8, 4) is 17.6 Å². The molecule has 9 heteroatoms. The van der Waals surface area contributed by atoms with Crippen LogP contribution in [-0.4, -0.2) is 49.0 Å². The number of nitrogens with one attached hydrogen (secondary N) is 3. The van der Waals surface area contributed by atoms with Crippen LogP contribution in [0.2, 0.25) is 0 Å². The van der Waals surface area contributed by atoms with E-state index in [1.54, 1.807) is 36.9 Å². The van der Waals surface area contributed by atoms with Gasteiger partial charge >= 0.3 is 0 Å². The van der Waals surface area contributed by atoms with Crippen LogP contribution in [-0.2, 0) is 0 Å². The molecule has 0 amide bonds. The largest absolute Gasteiger partial charge is 0.497 e. The molecule has 3 rings (SSSR count). The zero-order chi connectivity index (χ0) is 20.1. The molecule has 1 aromatic carbocycles. The zero-order valence-electron chi connectivity index (χ0n) is 16.3. The highest BCUT2D eigenvalue weighted by molar-refractivity contribution is 5.74. The van der Waals surface area contributed by atoms with Crippen LogP contribution in [0.25, 0.3) is 5.65 Å². The van der Waals surface area contributed by atoms with Gasteiger partial charge in [-0.25, -0.2) is 4.98 Å². The van der Waals surface area contributed by atoms with Crippen LogP contribution in [0.4, 0.5) is 17.3 Å². The highest BCUT2D eigenvalue weighted by Gasteiger charge is 2.17. The van der Waals surface area contributed by atoms with Gasteiger partial charge in [-0.1, -0.05) is 0 Å². The lowest BCUT2D eigenvalue weighted by Gasteiger charge is -2.09. The van der Waals surface area contributed by atoms with Crippen LogP contribution < -0.4 is 25.4 Å². The van der Waals surface area contributed by atoms with E-state index in [-0.39, 0.29) is 0 Å². The molecule has 146 valence electrons. The van der Waals surface area contributed by atoms with Gasteiger partial charge in [-0.3, -0.25) is 0 Å². The molecule has 0 aliphatic carbocycles. The molecule has 0 spiro atoms. The molecule has 0 radical (unpaired) electrons. The fourth-order valence-corrected chi connectivity index (χ4v) is 2.79. The van der Waals surface area contributed by atoms with E-state index in [9.17, 15) is 5.26 Å². The molecule has 0 aliphatic heterocycles. The summed E-state index contributed by atoms with van der Waals surface area (Å²) in [5.41, 5.74) is 2.34. The molecule has 0 unspecified atom stereocenters. The topological polar surface area (TPSA) is 109 Å². The molecular formula is C19H23N7O2. The van der Waals surface area contributed by atoms with Crippen LogP contribution >= 0.6 is 0 Å². The molecule has 0 saturated carbocycles. The van der Waals surface area contributed by atoms with Crippen molar-refractivity contribution >= 4 is 23.0 Å². The smallest absolute Gasteiger partial charge is 0.177 e. The Hall–Kier alpha value is -3.51. The molecule has 2 heterocycles. The Morgan fingerprint density at radius 1 is 1.11 bits per heavy atom. The van der Waals surface area contributed by atoms with E-state index in [0.29, 0.717) is 40.8 Å². The minimum absolute atomic E-state index is 0.363. The fourth-order valence-electron chi connectivity index (χ4n) is 2.79. The van der Waals surface area contributed by atoms with E-state index in [1.807, 2.05) is 20.0 Å². The highest BCUT2D eigenvalue weighted by Crippen LogP contribution is 2.30. The normalized spacial score (nSPS) is 10.5. The average molecular weight is 381 g/mol. The van der Waals surface area contributed by atoms with E-state index in [4.69, 9.17) is 9.47 Å². The van der Waals surface area contributed by atoms with Crippen molar-refractivity contribution in [1.82, 2.24) is 19.9 Å². The van der Waals surface area contributed by atoms with Gasteiger partial charge in [-0.15, -0.1) is 5.10 Å².